The Bertz CT molecular complexity index is 34.7. The van der Waals surface area contributed by atoms with E-state index in [9.17, 15) is 0 Å². The summed E-state index contributed by atoms with van der Waals surface area (Å²) in [6, 6.07) is 2.72. The third kappa shape index (κ3) is 23.8. The summed E-state index contributed by atoms with van der Waals surface area (Å²) in [4.78, 5) is 0. The van der Waals surface area contributed by atoms with Gasteiger partial charge in [0.1, 0.15) is 0 Å². The summed E-state index contributed by atoms with van der Waals surface area (Å²) >= 11 is 0. The van der Waals surface area contributed by atoms with E-state index in [-0.39, 0.29) is 0 Å². The predicted octanol–water partition coefficient (Wildman–Crippen LogP) is -1.76. The van der Waals surface area contributed by atoms with Crippen LogP contribution >= 0.6 is 0 Å². The second-order valence-corrected chi connectivity index (χ2v) is 4.28. The fraction of sp³-hybridized carbons (Fsp3) is 1.00. The molecule has 4 heteroatoms. The lowest BCUT2D eigenvalue weighted by atomic mass is 10.5. The molecule has 0 aliphatic heterocycles. The van der Waals surface area contributed by atoms with Crippen molar-refractivity contribution >= 4 is 20.5 Å². The minimum Gasteiger partial charge on any atom is -0.330 e. The Morgan fingerprint density at radius 2 is 1.10 bits per heavy atom. The molecule has 0 radical (unpaired) electrons. The molecule has 0 spiro atoms. The van der Waals surface area contributed by atoms with Crippen LogP contribution in [-0.2, 0) is 0 Å². The van der Waals surface area contributed by atoms with Gasteiger partial charge in [-0.05, 0) is 25.9 Å². The van der Waals surface area contributed by atoms with E-state index in [0.717, 1.165) is 13.1 Å². The van der Waals surface area contributed by atoms with Crippen LogP contribution in [0.25, 0.3) is 0 Å². The third-order valence-electron chi connectivity index (χ3n) is 1.12. The molecule has 0 aliphatic carbocycles. The lowest BCUT2D eigenvalue weighted by Crippen LogP contribution is -1.96. The Labute approximate surface area is 70.6 Å². The van der Waals surface area contributed by atoms with Crippen LogP contribution in [-0.4, -0.2) is 33.6 Å². The Balaban J connectivity index is 0. The number of rotatable bonds is 4. The van der Waals surface area contributed by atoms with E-state index in [0.29, 0.717) is 0 Å². The SMILES string of the molecule is NCCC[SiH3].NCCC[SiH3]. The zero-order valence-electron chi connectivity index (χ0n) is 7.40. The highest BCUT2D eigenvalue weighted by molar-refractivity contribution is 6.08. The molecule has 0 fully saturated rings. The molecular formula is C6H22N2Si2. The van der Waals surface area contributed by atoms with E-state index in [1.54, 1.807) is 0 Å². The topological polar surface area (TPSA) is 52.0 Å². The van der Waals surface area contributed by atoms with Crippen LogP contribution < -0.4 is 11.5 Å². The summed E-state index contributed by atoms with van der Waals surface area (Å²) in [7, 11) is 2.64. The number of hydrogen-bond donors (Lipinski definition) is 2. The Morgan fingerprint density at radius 3 is 1.10 bits per heavy atom. The lowest BCUT2D eigenvalue weighted by molar-refractivity contribution is 0.930. The molecule has 10 heavy (non-hydrogen) atoms. The molecule has 0 aromatic rings. The first-order valence-electron chi connectivity index (χ1n) is 4.23. The molecule has 64 valence electrons. The summed E-state index contributed by atoms with van der Waals surface area (Å²) in [5, 5.41) is 0. The van der Waals surface area contributed by atoms with Crippen LogP contribution in [0.3, 0.4) is 0 Å². The average molecular weight is 178 g/mol. The summed E-state index contributed by atoms with van der Waals surface area (Å²) in [6.45, 7) is 1.76. The van der Waals surface area contributed by atoms with Gasteiger partial charge in [0, 0.05) is 20.5 Å². The van der Waals surface area contributed by atoms with Crippen molar-refractivity contribution < 1.29 is 0 Å². The van der Waals surface area contributed by atoms with E-state index in [1.165, 1.54) is 45.4 Å². The van der Waals surface area contributed by atoms with Crippen LogP contribution in [0.15, 0.2) is 0 Å². The summed E-state index contributed by atoms with van der Waals surface area (Å²) in [5.41, 5.74) is 10.3. The van der Waals surface area contributed by atoms with Gasteiger partial charge in [-0.1, -0.05) is 12.1 Å². The van der Waals surface area contributed by atoms with Gasteiger partial charge in [-0.15, -0.1) is 0 Å². The van der Waals surface area contributed by atoms with Crippen LogP contribution in [0.2, 0.25) is 12.1 Å². The third-order valence-corrected chi connectivity index (χ3v) is 2.53. The van der Waals surface area contributed by atoms with Gasteiger partial charge in [0.2, 0.25) is 0 Å². The van der Waals surface area contributed by atoms with Gasteiger partial charge < -0.3 is 11.5 Å². The highest BCUT2D eigenvalue weighted by Gasteiger charge is 1.68. The number of hydrogen-bond acceptors (Lipinski definition) is 2. The van der Waals surface area contributed by atoms with Gasteiger partial charge in [-0.2, -0.15) is 0 Å². The highest BCUT2D eigenvalue weighted by atomic mass is 28.1. The molecule has 4 N–H and O–H groups in total. The van der Waals surface area contributed by atoms with E-state index in [2.05, 4.69) is 0 Å². The van der Waals surface area contributed by atoms with Crippen molar-refractivity contribution in [2.24, 2.45) is 11.5 Å². The van der Waals surface area contributed by atoms with E-state index >= 15 is 0 Å². The molecule has 0 amide bonds. The van der Waals surface area contributed by atoms with Crippen LogP contribution in [0.1, 0.15) is 12.8 Å². The van der Waals surface area contributed by atoms with Gasteiger partial charge in [0.05, 0.1) is 0 Å². The second-order valence-electron chi connectivity index (χ2n) is 2.28. The number of nitrogens with two attached hydrogens (primary N) is 2. The molecule has 0 aromatic carbocycles. The standard InChI is InChI=1S/2C3H11NSi/c2*4-2-1-3-5/h2*1-4H2,5H3. The zero-order valence-corrected chi connectivity index (χ0v) is 11.4. The minimum absolute atomic E-state index is 0.878. The van der Waals surface area contributed by atoms with Crippen molar-refractivity contribution in [1.29, 1.82) is 0 Å². The second kappa shape index (κ2) is 16.2. The van der Waals surface area contributed by atoms with Crippen molar-refractivity contribution in [3.8, 4) is 0 Å². The fourth-order valence-electron chi connectivity index (χ4n) is 0.408. The van der Waals surface area contributed by atoms with Gasteiger partial charge in [-0.3, -0.25) is 0 Å². The first-order valence-corrected chi connectivity index (χ1v) is 7.06. The van der Waals surface area contributed by atoms with Gasteiger partial charge in [-0.25, -0.2) is 0 Å². The zero-order chi connectivity index (χ0) is 8.24. The van der Waals surface area contributed by atoms with Crippen molar-refractivity contribution in [3.63, 3.8) is 0 Å². The largest absolute Gasteiger partial charge is 0.330 e. The first kappa shape index (κ1) is 13.0. The van der Waals surface area contributed by atoms with Crippen molar-refractivity contribution in [2.45, 2.75) is 24.9 Å². The Morgan fingerprint density at radius 1 is 0.800 bits per heavy atom. The molecule has 0 rings (SSSR count). The quantitative estimate of drug-likeness (QED) is 0.501. The molecule has 0 saturated carbocycles. The summed E-state index contributed by atoms with van der Waals surface area (Å²) in [6.07, 6.45) is 2.46. The molecule has 0 unspecified atom stereocenters. The van der Waals surface area contributed by atoms with Gasteiger partial charge >= 0.3 is 0 Å². The summed E-state index contributed by atoms with van der Waals surface area (Å²) < 4.78 is 0. The van der Waals surface area contributed by atoms with Gasteiger partial charge in [0.25, 0.3) is 0 Å². The maximum Gasteiger partial charge on any atom is 0.00286 e. The van der Waals surface area contributed by atoms with E-state index in [4.69, 9.17) is 11.5 Å². The molecule has 0 bridgehead atoms. The predicted molar refractivity (Wildman–Crippen MR) is 56.8 cm³/mol. The van der Waals surface area contributed by atoms with E-state index < -0.39 is 0 Å². The molecule has 0 aliphatic rings. The molecule has 2 nitrogen and oxygen atoms in total. The van der Waals surface area contributed by atoms with Crippen molar-refractivity contribution in [2.75, 3.05) is 13.1 Å². The lowest BCUT2D eigenvalue weighted by Gasteiger charge is -1.80. The van der Waals surface area contributed by atoms with Crippen molar-refractivity contribution in [3.05, 3.63) is 0 Å². The highest BCUT2D eigenvalue weighted by Crippen LogP contribution is 1.74. The van der Waals surface area contributed by atoms with Crippen LogP contribution in [0.4, 0.5) is 0 Å². The van der Waals surface area contributed by atoms with Crippen molar-refractivity contribution in [1.82, 2.24) is 0 Å². The minimum atomic E-state index is 0.878. The fourth-order valence-corrected chi connectivity index (χ4v) is 1.22. The molecule has 0 saturated heterocycles. The summed E-state index contributed by atoms with van der Waals surface area (Å²) in [5.74, 6) is 0. The molecule has 0 heterocycles. The monoisotopic (exact) mass is 178 g/mol. The molecular weight excluding hydrogens is 156 g/mol. The average Bonchev–Trinajstić information content (AvgIpc) is 1.93. The van der Waals surface area contributed by atoms with Crippen LogP contribution in [0.5, 0.6) is 0 Å². The Kier molecular flexibility index (Phi) is 21.0. The van der Waals surface area contributed by atoms with Gasteiger partial charge in [0.15, 0.2) is 0 Å². The molecule has 0 aromatic heterocycles. The Hall–Kier alpha value is 0.354. The smallest absolute Gasteiger partial charge is 0.00286 e. The van der Waals surface area contributed by atoms with Crippen LogP contribution in [0, 0.1) is 0 Å². The normalized spacial score (nSPS) is 9.00. The van der Waals surface area contributed by atoms with E-state index in [1.807, 2.05) is 0 Å². The molecule has 0 atom stereocenters. The maximum atomic E-state index is 5.16. The first-order chi connectivity index (χ1) is 4.83. The maximum absolute atomic E-state index is 5.16.